The quantitative estimate of drug-likeness (QED) is 0.130. The summed E-state index contributed by atoms with van der Waals surface area (Å²) in [7, 11) is 0. The second kappa shape index (κ2) is 15.2. The van der Waals surface area contributed by atoms with Crippen molar-refractivity contribution in [3.8, 4) is 0 Å². The Morgan fingerprint density at radius 1 is 0.553 bits per heavy atom. The van der Waals surface area contributed by atoms with Crippen LogP contribution >= 0.6 is 0 Å². The van der Waals surface area contributed by atoms with Gasteiger partial charge in [-0.25, -0.2) is 4.98 Å². The fourth-order valence-corrected chi connectivity index (χ4v) is 6.58. The van der Waals surface area contributed by atoms with Gasteiger partial charge in [0.1, 0.15) is 0 Å². The van der Waals surface area contributed by atoms with E-state index in [1.54, 1.807) is 12.4 Å². The molecule has 6 aromatic carbocycles. The Morgan fingerprint density at radius 3 is 1.34 bits per heavy atom. The van der Waals surface area contributed by atoms with Crippen LogP contribution in [0.4, 0.5) is 0 Å². The average Bonchev–Trinajstić information content (AvgIpc) is 3.14. The monoisotopic (exact) mass is 659 g/mol. The molecule has 47 heavy (non-hydrogen) atoms. The predicted octanol–water partition coefficient (Wildman–Crippen LogP) is 10.4. The first-order valence-corrected chi connectivity index (χ1v) is 17.1. The molecule has 0 aliphatic heterocycles. The van der Waals surface area contributed by atoms with Gasteiger partial charge in [-0.15, -0.1) is 0 Å². The molecule has 0 saturated carbocycles. The van der Waals surface area contributed by atoms with Gasteiger partial charge in [0.15, 0.2) is 0 Å². The third-order valence-electron chi connectivity index (χ3n) is 8.87. The molecule has 0 amide bonds. The summed E-state index contributed by atoms with van der Waals surface area (Å²) >= 11 is -1.44. The van der Waals surface area contributed by atoms with Crippen LogP contribution < -0.4 is 0 Å². The van der Waals surface area contributed by atoms with Gasteiger partial charge in [0.2, 0.25) is 0 Å². The maximum atomic E-state index is 8.41. The summed E-state index contributed by atoms with van der Waals surface area (Å²) in [5.74, 6) is 0.702. The van der Waals surface area contributed by atoms with E-state index in [1.807, 2.05) is 18.3 Å². The number of hydrogen-bond acceptors (Lipinski definition) is 6. The molecule has 0 saturated heterocycles. The summed E-state index contributed by atoms with van der Waals surface area (Å²) in [4.78, 5) is 18.9. The molecule has 0 fully saturated rings. The topological polar surface area (TPSA) is 85.7 Å². The second-order valence-corrected chi connectivity index (χ2v) is 11.9. The van der Waals surface area contributed by atoms with E-state index in [4.69, 9.17) is 17.6 Å². The zero-order chi connectivity index (χ0) is 32.6. The van der Waals surface area contributed by atoms with Gasteiger partial charge in [-0.3, -0.25) is 15.0 Å². The van der Waals surface area contributed by atoms with Crippen molar-refractivity contribution in [3.63, 3.8) is 0 Å². The Morgan fingerprint density at radius 2 is 0.936 bits per heavy atom. The summed E-state index contributed by atoms with van der Waals surface area (Å²) in [5.41, 5.74) is 5.14. The van der Waals surface area contributed by atoms with Crippen LogP contribution in [0.2, 0.25) is 0 Å². The summed E-state index contributed by atoms with van der Waals surface area (Å²) in [6.07, 6.45) is 11.6. The van der Waals surface area contributed by atoms with E-state index >= 15 is 0 Å². The fraction of sp³-hybridized carbons (Fsp3) is 0.200. The van der Waals surface area contributed by atoms with E-state index in [-0.39, 0.29) is 0 Å². The summed E-state index contributed by atoms with van der Waals surface area (Å²) in [6.45, 7) is 4.55. The van der Waals surface area contributed by atoms with Crippen molar-refractivity contribution in [1.82, 2.24) is 19.9 Å². The number of nitrogens with zero attached hydrogens (tertiary/aromatic N) is 4. The van der Waals surface area contributed by atoms with Crippen LogP contribution in [0, 0.1) is 5.92 Å². The standard InChI is InChI=1S/C24H26N2.C16H10N2.Mn.2O/c1-3-5-10-17(4-2)15-18-16-25-23-21-13-8-6-11-19(21)20-12-7-9-14-22(20)24(23)26-18;1-3-7-13-11(5-1)12-6-2-4-8-14(12)16-15(13)17-9-10-18-16;;;/h6-9,11-14,16-17H,3-5,10,15H2,1-2H3;1-10H;;;. The van der Waals surface area contributed by atoms with Crippen LogP contribution in [0.3, 0.4) is 0 Å². The molecule has 7 heteroatoms. The van der Waals surface area contributed by atoms with Crippen molar-refractivity contribution in [2.24, 2.45) is 5.92 Å². The number of unbranched alkanes of at least 4 members (excludes halogenated alkanes) is 1. The minimum Gasteiger partial charge on any atom is -0.252 e. The number of benzene rings is 6. The molecular formula is C40H36MnN4O2. The van der Waals surface area contributed by atoms with E-state index in [2.05, 4.69) is 109 Å². The molecule has 8 aromatic rings. The van der Waals surface area contributed by atoms with Crippen LogP contribution in [0.1, 0.15) is 45.2 Å². The molecule has 0 bridgehead atoms. The Balaban J connectivity index is 0.000000160. The first-order chi connectivity index (χ1) is 23.2. The number of rotatable bonds is 6. The minimum absolute atomic E-state index is 0.702. The van der Waals surface area contributed by atoms with E-state index in [0.717, 1.165) is 34.2 Å². The second-order valence-electron chi connectivity index (χ2n) is 11.7. The van der Waals surface area contributed by atoms with Gasteiger partial charge >= 0.3 is 22.5 Å². The van der Waals surface area contributed by atoms with E-state index in [1.165, 1.54) is 68.8 Å². The summed E-state index contributed by atoms with van der Waals surface area (Å²) in [5, 5.41) is 9.73. The molecule has 0 aliphatic carbocycles. The van der Waals surface area contributed by atoms with Gasteiger partial charge < -0.3 is 0 Å². The Hall–Kier alpha value is -4.84. The molecule has 2 aromatic heterocycles. The van der Waals surface area contributed by atoms with Crippen molar-refractivity contribution in [3.05, 3.63) is 121 Å². The third kappa shape index (κ3) is 6.69. The molecule has 0 aliphatic rings. The molecule has 0 N–H and O–H groups in total. The Bertz CT molecular complexity index is 2110. The smallest absolute Gasteiger partial charge is 0.0971 e. The fourth-order valence-electron chi connectivity index (χ4n) is 6.58. The van der Waals surface area contributed by atoms with E-state index in [0.29, 0.717) is 5.92 Å². The van der Waals surface area contributed by atoms with Gasteiger partial charge in [-0.05, 0) is 33.9 Å². The zero-order valence-corrected chi connectivity index (χ0v) is 27.7. The molecular weight excluding hydrogens is 623 g/mol. The Kier molecular flexibility index (Phi) is 10.4. The maximum absolute atomic E-state index is 8.41. The number of aromatic nitrogens is 4. The van der Waals surface area contributed by atoms with Crippen molar-refractivity contribution in [2.45, 2.75) is 46.0 Å². The number of hydrogen-bond donors (Lipinski definition) is 0. The van der Waals surface area contributed by atoms with Crippen LogP contribution in [0.15, 0.2) is 116 Å². The van der Waals surface area contributed by atoms with Gasteiger partial charge in [0.05, 0.1) is 27.8 Å². The normalized spacial score (nSPS) is 11.7. The van der Waals surface area contributed by atoms with Crippen molar-refractivity contribution >= 4 is 65.2 Å². The van der Waals surface area contributed by atoms with E-state index in [9.17, 15) is 0 Å². The van der Waals surface area contributed by atoms with Gasteiger partial charge in [0, 0.05) is 40.1 Å². The molecule has 6 nitrogen and oxygen atoms in total. The molecule has 235 valence electrons. The van der Waals surface area contributed by atoms with Crippen LogP contribution in [0.25, 0.3) is 65.2 Å². The van der Waals surface area contributed by atoms with E-state index < -0.39 is 14.8 Å². The molecule has 2 heterocycles. The van der Waals surface area contributed by atoms with Crippen LogP contribution in [-0.2, 0) is 28.9 Å². The van der Waals surface area contributed by atoms with Crippen molar-refractivity contribution in [2.75, 3.05) is 0 Å². The zero-order valence-electron chi connectivity index (χ0n) is 26.6. The molecule has 1 atom stereocenters. The van der Waals surface area contributed by atoms with Crippen LogP contribution in [0.5, 0.6) is 0 Å². The van der Waals surface area contributed by atoms with Crippen LogP contribution in [-0.4, -0.2) is 19.9 Å². The average molecular weight is 660 g/mol. The Labute approximate surface area is 279 Å². The minimum atomic E-state index is -1.44. The van der Waals surface area contributed by atoms with Gasteiger partial charge in [0.25, 0.3) is 0 Å². The summed E-state index contributed by atoms with van der Waals surface area (Å²) in [6, 6.07) is 33.8. The molecule has 1 unspecified atom stereocenters. The molecule has 0 radical (unpaired) electrons. The first-order valence-electron chi connectivity index (χ1n) is 16.1. The van der Waals surface area contributed by atoms with Gasteiger partial charge in [-0.2, -0.15) is 0 Å². The third-order valence-corrected chi connectivity index (χ3v) is 8.87. The van der Waals surface area contributed by atoms with Crippen molar-refractivity contribution < 1.29 is 22.5 Å². The predicted molar refractivity (Wildman–Crippen MR) is 187 cm³/mol. The maximum Gasteiger partial charge on any atom is 0.0971 e. The number of fused-ring (bicyclic) bond motifs is 12. The first kappa shape index (κ1) is 32.1. The van der Waals surface area contributed by atoms with Crippen molar-refractivity contribution in [1.29, 1.82) is 0 Å². The molecule has 0 spiro atoms. The molecule has 8 rings (SSSR count). The largest absolute Gasteiger partial charge is 0.252 e. The SMILES string of the molecule is CCCCC(CC)Cc1cnc2c3ccccc3c3ccccc3c2n1.[O]=[Mn]=[O].c1ccc2c(c1)c1ccccc1c1nccnc21. The van der Waals surface area contributed by atoms with Gasteiger partial charge in [-0.1, -0.05) is 137 Å². The summed E-state index contributed by atoms with van der Waals surface area (Å²) < 4.78 is 16.8.